The van der Waals surface area contributed by atoms with Crippen molar-refractivity contribution in [2.45, 2.75) is 49.3 Å². The Kier molecular flexibility index (Phi) is 3.04. The van der Waals surface area contributed by atoms with Crippen molar-refractivity contribution in [2.24, 2.45) is 5.92 Å². The van der Waals surface area contributed by atoms with Gasteiger partial charge >= 0.3 is 0 Å². The minimum Gasteiger partial charge on any atom is -0.296 e. The van der Waals surface area contributed by atoms with Crippen molar-refractivity contribution in [2.75, 3.05) is 5.75 Å². The molecule has 0 saturated heterocycles. The summed E-state index contributed by atoms with van der Waals surface area (Å²) in [7, 11) is 0. The number of aromatic nitrogens is 3. The lowest BCUT2D eigenvalue weighted by molar-refractivity contribution is 0.401. The number of thioether (sulfide) groups is 1. The maximum atomic E-state index is 9.57. The molecule has 0 aliphatic heterocycles. The number of nitriles is 1. The molecule has 0 bridgehead atoms. The molecule has 0 amide bonds. The Bertz CT molecular complexity index is 471. The average Bonchev–Trinajstić information content (AvgIpc) is 3.25. The lowest BCUT2D eigenvalue weighted by atomic mass is 9.97. The normalized spacial score (nSPS) is 22.4. The zero-order chi connectivity index (χ0) is 12.6. The molecule has 2 N–H and O–H groups in total. The SMILES string of the molecule is Cc1nc(SCC(C#N)(NC2CC2)C2CC2)n[nH]1. The summed E-state index contributed by atoms with van der Waals surface area (Å²) in [6.45, 7) is 1.89. The Hall–Kier alpha value is -1.06. The summed E-state index contributed by atoms with van der Waals surface area (Å²) >= 11 is 1.57. The van der Waals surface area contributed by atoms with Crippen LogP contribution in [-0.2, 0) is 0 Å². The monoisotopic (exact) mass is 263 g/mol. The molecule has 2 fully saturated rings. The van der Waals surface area contributed by atoms with Gasteiger partial charge in [0.1, 0.15) is 11.4 Å². The second-order valence-corrected chi connectivity index (χ2v) is 6.21. The van der Waals surface area contributed by atoms with Crippen LogP contribution >= 0.6 is 11.8 Å². The zero-order valence-corrected chi connectivity index (χ0v) is 11.3. The van der Waals surface area contributed by atoms with Gasteiger partial charge in [-0.1, -0.05) is 11.8 Å². The molecule has 2 saturated carbocycles. The smallest absolute Gasteiger partial charge is 0.208 e. The van der Waals surface area contributed by atoms with E-state index >= 15 is 0 Å². The first kappa shape index (κ1) is 12.0. The number of nitrogens with zero attached hydrogens (tertiary/aromatic N) is 3. The van der Waals surface area contributed by atoms with E-state index in [4.69, 9.17) is 0 Å². The molecular weight excluding hydrogens is 246 g/mol. The Morgan fingerprint density at radius 2 is 2.28 bits per heavy atom. The number of nitrogens with one attached hydrogen (secondary N) is 2. The molecular formula is C12H17N5S. The molecule has 1 heterocycles. The van der Waals surface area contributed by atoms with Crippen LogP contribution in [-0.4, -0.2) is 32.5 Å². The molecule has 5 nitrogen and oxygen atoms in total. The van der Waals surface area contributed by atoms with Crippen molar-refractivity contribution < 1.29 is 0 Å². The highest BCUT2D eigenvalue weighted by atomic mass is 32.2. The minimum absolute atomic E-state index is 0.375. The lowest BCUT2D eigenvalue weighted by Crippen LogP contribution is -2.49. The number of rotatable bonds is 6. The standard InChI is InChI=1S/C12H17N5S/c1-8-14-11(17-16-8)18-7-12(6-13,9-2-3-9)15-10-4-5-10/h9-10,15H,2-5,7H2,1H3,(H,14,16,17). The van der Waals surface area contributed by atoms with Gasteiger partial charge in [-0.25, -0.2) is 4.98 Å². The van der Waals surface area contributed by atoms with Crippen LogP contribution in [0.4, 0.5) is 0 Å². The van der Waals surface area contributed by atoms with E-state index in [0.717, 1.165) is 16.7 Å². The summed E-state index contributed by atoms with van der Waals surface area (Å²) in [5.41, 5.74) is -0.375. The van der Waals surface area contributed by atoms with Gasteiger partial charge in [-0.2, -0.15) is 5.26 Å². The van der Waals surface area contributed by atoms with E-state index in [9.17, 15) is 5.26 Å². The predicted octanol–water partition coefficient (Wildman–Crippen LogP) is 1.63. The Morgan fingerprint density at radius 3 is 2.78 bits per heavy atom. The molecule has 18 heavy (non-hydrogen) atoms. The molecule has 3 rings (SSSR count). The maximum Gasteiger partial charge on any atom is 0.208 e. The third kappa shape index (κ3) is 2.52. The fourth-order valence-electron chi connectivity index (χ4n) is 2.17. The highest BCUT2D eigenvalue weighted by molar-refractivity contribution is 7.99. The van der Waals surface area contributed by atoms with Crippen molar-refractivity contribution >= 4 is 11.8 Å². The second-order valence-electron chi connectivity index (χ2n) is 5.27. The van der Waals surface area contributed by atoms with Crippen molar-refractivity contribution in [1.29, 1.82) is 5.26 Å². The number of hydrogen-bond acceptors (Lipinski definition) is 5. The largest absolute Gasteiger partial charge is 0.296 e. The van der Waals surface area contributed by atoms with E-state index in [1.165, 1.54) is 25.7 Å². The second kappa shape index (κ2) is 4.56. The van der Waals surface area contributed by atoms with Gasteiger partial charge in [0.2, 0.25) is 5.16 Å². The fourth-order valence-corrected chi connectivity index (χ4v) is 3.22. The molecule has 2 aliphatic rings. The minimum atomic E-state index is -0.375. The van der Waals surface area contributed by atoms with Crippen LogP contribution < -0.4 is 5.32 Å². The first-order valence-electron chi connectivity index (χ1n) is 6.42. The number of aromatic amines is 1. The molecule has 96 valence electrons. The quantitative estimate of drug-likeness (QED) is 0.763. The third-order valence-corrected chi connectivity index (χ3v) is 4.56. The lowest BCUT2D eigenvalue weighted by Gasteiger charge is -2.27. The van der Waals surface area contributed by atoms with Gasteiger partial charge in [-0.15, -0.1) is 5.10 Å². The van der Waals surface area contributed by atoms with Crippen molar-refractivity contribution in [1.82, 2.24) is 20.5 Å². The number of aryl methyl sites for hydroxylation is 1. The van der Waals surface area contributed by atoms with Crippen LogP contribution in [0, 0.1) is 24.2 Å². The fraction of sp³-hybridized carbons (Fsp3) is 0.750. The zero-order valence-electron chi connectivity index (χ0n) is 10.4. The van der Waals surface area contributed by atoms with Gasteiger partial charge in [0.15, 0.2) is 0 Å². The molecule has 1 unspecified atom stereocenters. The Balaban J connectivity index is 1.67. The van der Waals surface area contributed by atoms with E-state index in [2.05, 4.69) is 26.6 Å². The van der Waals surface area contributed by atoms with Gasteiger partial charge in [-0.3, -0.25) is 10.4 Å². The Morgan fingerprint density at radius 1 is 1.50 bits per heavy atom. The summed E-state index contributed by atoms with van der Waals surface area (Å²) in [6, 6.07) is 3.08. The molecule has 0 radical (unpaired) electrons. The first-order valence-corrected chi connectivity index (χ1v) is 7.41. The number of H-pyrrole nitrogens is 1. The van der Waals surface area contributed by atoms with Gasteiger partial charge in [0, 0.05) is 11.8 Å². The molecule has 1 atom stereocenters. The van der Waals surface area contributed by atoms with Crippen LogP contribution in [0.2, 0.25) is 0 Å². The molecule has 6 heteroatoms. The summed E-state index contributed by atoms with van der Waals surface area (Å²) in [6.07, 6.45) is 4.75. The van der Waals surface area contributed by atoms with Crippen LogP contribution in [0.5, 0.6) is 0 Å². The first-order chi connectivity index (χ1) is 8.72. The molecule has 0 aromatic carbocycles. The van der Waals surface area contributed by atoms with Gasteiger partial charge < -0.3 is 0 Å². The Labute approximate surface area is 111 Å². The summed E-state index contributed by atoms with van der Waals surface area (Å²) in [5, 5.41) is 20.8. The van der Waals surface area contributed by atoms with E-state index in [-0.39, 0.29) is 5.54 Å². The summed E-state index contributed by atoms with van der Waals surface area (Å²) < 4.78 is 0. The van der Waals surface area contributed by atoms with Crippen LogP contribution in [0.25, 0.3) is 0 Å². The van der Waals surface area contributed by atoms with E-state index in [1.807, 2.05) is 6.92 Å². The number of hydrogen-bond donors (Lipinski definition) is 2. The molecule has 0 spiro atoms. The van der Waals surface area contributed by atoms with E-state index < -0.39 is 0 Å². The molecule has 1 aromatic heterocycles. The summed E-state index contributed by atoms with van der Waals surface area (Å²) in [5.74, 6) is 2.07. The van der Waals surface area contributed by atoms with Gasteiger partial charge in [0.05, 0.1) is 6.07 Å². The van der Waals surface area contributed by atoms with Crippen molar-refractivity contribution in [3.05, 3.63) is 5.82 Å². The highest BCUT2D eigenvalue weighted by Gasteiger charge is 2.48. The average molecular weight is 263 g/mol. The molecule has 1 aromatic rings. The van der Waals surface area contributed by atoms with E-state index in [0.29, 0.717) is 12.0 Å². The van der Waals surface area contributed by atoms with Crippen molar-refractivity contribution in [3.8, 4) is 6.07 Å². The van der Waals surface area contributed by atoms with Gasteiger partial charge in [0.25, 0.3) is 0 Å². The topological polar surface area (TPSA) is 77.4 Å². The van der Waals surface area contributed by atoms with Crippen LogP contribution in [0.1, 0.15) is 31.5 Å². The van der Waals surface area contributed by atoms with Crippen molar-refractivity contribution in [3.63, 3.8) is 0 Å². The summed E-state index contributed by atoms with van der Waals surface area (Å²) in [4.78, 5) is 4.28. The van der Waals surface area contributed by atoms with E-state index in [1.54, 1.807) is 11.8 Å². The highest BCUT2D eigenvalue weighted by Crippen LogP contribution is 2.43. The molecule has 2 aliphatic carbocycles. The maximum absolute atomic E-state index is 9.57. The predicted molar refractivity (Wildman–Crippen MR) is 69.1 cm³/mol. The third-order valence-electron chi connectivity index (χ3n) is 3.52. The van der Waals surface area contributed by atoms with Crippen LogP contribution in [0.3, 0.4) is 0 Å². The van der Waals surface area contributed by atoms with Crippen LogP contribution in [0.15, 0.2) is 5.16 Å². The van der Waals surface area contributed by atoms with Gasteiger partial charge in [-0.05, 0) is 38.5 Å².